The van der Waals surface area contributed by atoms with Gasteiger partial charge < -0.3 is 20.2 Å². The first-order valence-corrected chi connectivity index (χ1v) is 10.5. The summed E-state index contributed by atoms with van der Waals surface area (Å²) in [6.07, 6.45) is -4.71. The Hall–Kier alpha value is -4.00. The van der Waals surface area contributed by atoms with E-state index in [0.717, 1.165) is 18.2 Å². The number of carbonyl (C=O) groups excluding carboxylic acids is 2. The van der Waals surface area contributed by atoms with Crippen LogP contribution in [0.1, 0.15) is 37.2 Å². The summed E-state index contributed by atoms with van der Waals surface area (Å²) >= 11 is 0.614. The molecule has 35 heavy (non-hydrogen) atoms. The van der Waals surface area contributed by atoms with Gasteiger partial charge in [-0.15, -0.1) is 11.3 Å². The van der Waals surface area contributed by atoms with Crippen LogP contribution in [-0.4, -0.2) is 16.8 Å². The van der Waals surface area contributed by atoms with Crippen molar-refractivity contribution in [3.8, 4) is 5.75 Å². The number of pyridine rings is 1. The second-order valence-corrected chi connectivity index (χ2v) is 8.26. The number of hydrogen-bond donors (Lipinski definition) is 2. The average Bonchev–Trinajstić information content (AvgIpc) is 3.38. The first kappa shape index (κ1) is 24.1. The Labute approximate surface area is 197 Å². The summed E-state index contributed by atoms with van der Waals surface area (Å²) in [6, 6.07) is 6.20. The van der Waals surface area contributed by atoms with Crippen molar-refractivity contribution < 1.29 is 40.7 Å². The minimum Gasteiger partial charge on any atom is -0.483 e. The van der Waals surface area contributed by atoms with E-state index < -0.39 is 35.3 Å². The number of halogens is 5. The monoisotopic (exact) mass is 511 g/mol. The third kappa shape index (κ3) is 4.94. The molecular weight excluding hydrogens is 497 g/mol. The Bertz CT molecular complexity index is 1460. The van der Waals surface area contributed by atoms with E-state index in [9.17, 15) is 31.5 Å². The van der Waals surface area contributed by atoms with Gasteiger partial charge in [-0.05, 0) is 42.8 Å². The Morgan fingerprint density at radius 1 is 1.17 bits per heavy atom. The van der Waals surface area contributed by atoms with Gasteiger partial charge in [-0.2, -0.15) is 13.2 Å². The normalized spacial score (nSPS) is 11.6. The smallest absolute Gasteiger partial charge is 0.433 e. The van der Waals surface area contributed by atoms with Crippen LogP contribution in [0.2, 0.25) is 0 Å². The zero-order chi connectivity index (χ0) is 25.5. The number of furan rings is 1. The number of nitrogens with one attached hydrogen (secondary N) is 1. The van der Waals surface area contributed by atoms with Crippen molar-refractivity contribution in [3.63, 3.8) is 0 Å². The summed E-state index contributed by atoms with van der Waals surface area (Å²) in [5.74, 6) is -3.83. The van der Waals surface area contributed by atoms with Crippen LogP contribution < -0.4 is 15.8 Å². The van der Waals surface area contributed by atoms with Crippen LogP contribution >= 0.6 is 11.3 Å². The van der Waals surface area contributed by atoms with Crippen LogP contribution in [0, 0.1) is 18.6 Å². The number of carbonyl (C=O) groups is 2. The molecule has 3 aromatic heterocycles. The predicted octanol–water partition coefficient (Wildman–Crippen LogP) is 5.42. The zero-order valence-electron chi connectivity index (χ0n) is 17.6. The fourth-order valence-electron chi connectivity index (χ4n) is 3.21. The van der Waals surface area contributed by atoms with Crippen LogP contribution in [0.5, 0.6) is 5.75 Å². The second kappa shape index (κ2) is 8.98. The lowest BCUT2D eigenvalue weighted by Crippen LogP contribution is -2.16. The van der Waals surface area contributed by atoms with E-state index in [0.29, 0.717) is 17.4 Å². The summed E-state index contributed by atoms with van der Waals surface area (Å²) in [7, 11) is 0. The highest BCUT2D eigenvalue weighted by Gasteiger charge is 2.34. The molecule has 0 atom stereocenters. The van der Waals surface area contributed by atoms with E-state index in [1.807, 2.05) is 0 Å². The number of hydrogen-bond acceptors (Lipinski definition) is 6. The molecule has 182 valence electrons. The third-order valence-electron chi connectivity index (χ3n) is 4.76. The van der Waals surface area contributed by atoms with E-state index in [4.69, 9.17) is 14.9 Å². The maximum absolute atomic E-state index is 13.7. The van der Waals surface area contributed by atoms with E-state index in [1.54, 1.807) is 0 Å². The van der Waals surface area contributed by atoms with Gasteiger partial charge in [0.25, 0.3) is 11.8 Å². The minimum atomic E-state index is -4.71. The molecule has 0 aliphatic carbocycles. The van der Waals surface area contributed by atoms with Crippen LogP contribution in [0.25, 0.3) is 10.2 Å². The van der Waals surface area contributed by atoms with Crippen LogP contribution in [0.4, 0.5) is 27.6 Å². The summed E-state index contributed by atoms with van der Waals surface area (Å²) in [4.78, 5) is 27.9. The average molecular weight is 511 g/mol. The van der Waals surface area contributed by atoms with Crippen molar-refractivity contribution in [2.75, 3.05) is 5.32 Å². The maximum Gasteiger partial charge on any atom is 0.433 e. The molecule has 0 unspecified atom stereocenters. The number of primary amides is 1. The number of thiophene rings is 1. The van der Waals surface area contributed by atoms with Gasteiger partial charge in [0, 0.05) is 11.5 Å². The van der Waals surface area contributed by atoms with E-state index >= 15 is 0 Å². The fraction of sp³-hybridized carbons (Fsp3) is 0.136. The molecule has 4 rings (SSSR count). The maximum atomic E-state index is 13.7. The molecule has 3 heterocycles. The second-order valence-electron chi connectivity index (χ2n) is 7.26. The van der Waals surface area contributed by atoms with Crippen LogP contribution in [0.3, 0.4) is 0 Å². The highest BCUT2D eigenvalue weighted by atomic mass is 32.1. The van der Waals surface area contributed by atoms with E-state index in [1.165, 1.54) is 19.1 Å². The van der Waals surface area contributed by atoms with Gasteiger partial charge in [0.2, 0.25) is 0 Å². The first-order valence-electron chi connectivity index (χ1n) is 9.73. The summed E-state index contributed by atoms with van der Waals surface area (Å²) in [5, 5.41) is 2.58. The highest BCUT2D eigenvalue weighted by Crippen LogP contribution is 2.40. The van der Waals surface area contributed by atoms with E-state index in [2.05, 4.69) is 10.3 Å². The molecule has 0 saturated carbocycles. The number of alkyl halides is 3. The van der Waals surface area contributed by atoms with Gasteiger partial charge in [-0.1, -0.05) is 0 Å². The number of aryl methyl sites for hydroxylation is 1. The van der Waals surface area contributed by atoms with Gasteiger partial charge in [0.1, 0.15) is 33.6 Å². The lowest BCUT2D eigenvalue weighted by Gasteiger charge is -2.09. The summed E-state index contributed by atoms with van der Waals surface area (Å²) in [5.41, 5.74) is 4.24. The topological polar surface area (TPSA) is 107 Å². The summed E-state index contributed by atoms with van der Waals surface area (Å²) in [6.45, 7) is 1.09. The zero-order valence-corrected chi connectivity index (χ0v) is 18.4. The van der Waals surface area contributed by atoms with Gasteiger partial charge in [-0.3, -0.25) is 9.59 Å². The Morgan fingerprint density at radius 3 is 2.57 bits per heavy atom. The van der Waals surface area contributed by atoms with Crippen molar-refractivity contribution in [2.24, 2.45) is 5.73 Å². The number of benzene rings is 1. The molecule has 0 aliphatic heterocycles. The number of fused-ring (bicyclic) bond motifs is 1. The Balaban J connectivity index is 1.58. The number of nitrogens with two attached hydrogens (primary N) is 1. The van der Waals surface area contributed by atoms with Gasteiger partial charge in [0.15, 0.2) is 17.3 Å². The molecule has 0 spiro atoms. The number of amides is 2. The van der Waals surface area contributed by atoms with Gasteiger partial charge >= 0.3 is 6.18 Å². The molecule has 0 radical (unpaired) electrons. The Kier molecular flexibility index (Phi) is 6.19. The lowest BCUT2D eigenvalue weighted by molar-refractivity contribution is -0.141. The number of aromatic nitrogens is 1. The molecule has 0 fully saturated rings. The number of rotatable bonds is 6. The number of anilines is 1. The van der Waals surface area contributed by atoms with Gasteiger partial charge in [-0.25, -0.2) is 13.8 Å². The highest BCUT2D eigenvalue weighted by molar-refractivity contribution is 7.21. The van der Waals surface area contributed by atoms with Crippen LogP contribution in [-0.2, 0) is 12.8 Å². The van der Waals surface area contributed by atoms with Crippen molar-refractivity contribution in [2.45, 2.75) is 19.7 Å². The van der Waals surface area contributed by atoms with Crippen molar-refractivity contribution in [1.29, 1.82) is 0 Å². The van der Waals surface area contributed by atoms with Crippen LogP contribution in [0.15, 0.2) is 40.8 Å². The SMILES string of the molecule is Cc1cc(C(F)(F)F)nc2sc(C(N)=O)c(NC(=O)c3ccc(COc4ccc(F)cc4F)o3)c12. The van der Waals surface area contributed by atoms with Crippen molar-refractivity contribution in [3.05, 3.63) is 75.7 Å². The largest absolute Gasteiger partial charge is 0.483 e. The standard InChI is InChI=1S/C22H14F5N3O4S/c1-9-6-15(22(25,26)27)29-21-16(9)17(18(35-21)19(28)31)30-20(32)14-5-3-11(34-14)8-33-13-4-2-10(23)7-12(13)24/h2-7H,8H2,1H3,(H2,28,31)(H,30,32). The predicted molar refractivity (Wildman–Crippen MR) is 115 cm³/mol. The molecule has 3 N–H and O–H groups in total. The molecule has 13 heteroatoms. The van der Waals surface area contributed by atoms with Crippen molar-refractivity contribution >= 4 is 39.1 Å². The molecule has 0 saturated heterocycles. The molecule has 7 nitrogen and oxygen atoms in total. The quantitative estimate of drug-likeness (QED) is 0.336. The lowest BCUT2D eigenvalue weighted by atomic mass is 10.1. The van der Waals surface area contributed by atoms with Crippen molar-refractivity contribution in [1.82, 2.24) is 4.98 Å². The first-order chi connectivity index (χ1) is 16.4. The molecule has 1 aromatic carbocycles. The number of nitrogens with zero attached hydrogens (tertiary/aromatic N) is 1. The summed E-state index contributed by atoms with van der Waals surface area (Å²) < 4.78 is 76.6. The number of ether oxygens (including phenoxy) is 1. The van der Waals surface area contributed by atoms with Gasteiger partial charge in [0.05, 0.1) is 5.69 Å². The fourth-order valence-corrected chi connectivity index (χ4v) is 4.27. The molecule has 2 amide bonds. The molecule has 0 bridgehead atoms. The third-order valence-corrected chi connectivity index (χ3v) is 5.86. The molecule has 4 aromatic rings. The van der Waals surface area contributed by atoms with E-state index in [-0.39, 0.29) is 50.2 Å². The molecular formula is C22H14F5N3O4S. The molecule has 0 aliphatic rings. The minimum absolute atomic E-state index is 0.0937. The Morgan fingerprint density at radius 2 is 1.91 bits per heavy atom.